The van der Waals surface area contributed by atoms with Gasteiger partial charge in [-0.25, -0.2) is 9.78 Å². The first-order chi connectivity index (χ1) is 19.4. The Kier molecular flexibility index (Phi) is 6.80. The number of nitrogen functional groups attached to an aromatic ring is 1. The fourth-order valence-corrected chi connectivity index (χ4v) is 6.67. The van der Waals surface area contributed by atoms with E-state index >= 15 is 0 Å². The molecule has 4 heterocycles. The molecule has 12 heteroatoms. The molecule has 2 atom stereocenters. The number of piperazine rings is 1. The van der Waals surface area contributed by atoms with Crippen LogP contribution in [0.25, 0.3) is 10.2 Å². The molecule has 2 aromatic carbocycles. The zero-order chi connectivity index (χ0) is 28.0. The number of hydrogen-bond acceptors (Lipinski definition) is 8. The summed E-state index contributed by atoms with van der Waals surface area (Å²) >= 11 is 1.40. The highest BCUT2D eigenvalue weighted by Gasteiger charge is 2.52. The number of hydrogen-bond donors (Lipinski definition) is 2. The van der Waals surface area contributed by atoms with Crippen molar-refractivity contribution in [2.45, 2.75) is 31.6 Å². The molecule has 4 amide bonds. The Bertz CT molecular complexity index is 1510. The van der Waals surface area contributed by atoms with Crippen LogP contribution >= 0.6 is 11.3 Å². The molecule has 208 valence electrons. The standard InChI is InChI=1S/C28H31N7O4S/c1-3-10-33(28(38)30-2)34-16-24(36)35-20(13-17-7-8-21-18(12-17)9-11-39-21)26(37)32(15-23(34)35)14-19-5-4-6-22-25(19)31-27(29)40-22/h3-8,12,20,23H,1,9-11,13-16H2,2H3,(H2,29,31)(H,30,38)/t20-,23+/m0/s1. The van der Waals surface area contributed by atoms with Crippen molar-refractivity contribution in [1.29, 1.82) is 0 Å². The molecule has 0 unspecified atom stereocenters. The van der Waals surface area contributed by atoms with E-state index in [0.29, 0.717) is 24.7 Å². The number of nitrogens with zero attached hydrogens (tertiary/aromatic N) is 5. The highest BCUT2D eigenvalue weighted by molar-refractivity contribution is 7.22. The summed E-state index contributed by atoms with van der Waals surface area (Å²) in [5, 5.41) is 6.34. The van der Waals surface area contributed by atoms with Gasteiger partial charge in [0, 0.05) is 26.4 Å². The summed E-state index contributed by atoms with van der Waals surface area (Å²) in [5.74, 6) is 0.529. The summed E-state index contributed by atoms with van der Waals surface area (Å²) in [6.07, 6.45) is 2.26. The molecule has 0 spiro atoms. The third-order valence-corrected chi connectivity index (χ3v) is 8.54. The predicted molar refractivity (Wildman–Crippen MR) is 151 cm³/mol. The molecule has 1 aromatic heterocycles. The first-order valence-corrected chi connectivity index (χ1v) is 14.0. The van der Waals surface area contributed by atoms with Crippen molar-refractivity contribution in [3.63, 3.8) is 0 Å². The zero-order valence-corrected chi connectivity index (χ0v) is 23.0. The Hall–Kier alpha value is -4.16. The second kappa shape index (κ2) is 10.4. The van der Waals surface area contributed by atoms with E-state index in [-0.39, 0.29) is 37.5 Å². The number of hydrazine groups is 1. The summed E-state index contributed by atoms with van der Waals surface area (Å²) < 4.78 is 6.61. The van der Waals surface area contributed by atoms with Crippen LogP contribution in [0.5, 0.6) is 5.75 Å². The van der Waals surface area contributed by atoms with E-state index in [0.717, 1.165) is 39.1 Å². The number of ether oxygens (including phenoxy) is 1. The topological polar surface area (TPSA) is 124 Å². The number of thiazole rings is 1. The molecule has 3 N–H and O–H groups in total. The Balaban J connectivity index is 1.37. The van der Waals surface area contributed by atoms with Gasteiger partial charge in [0.2, 0.25) is 11.8 Å². The van der Waals surface area contributed by atoms with Crippen LogP contribution in [0.2, 0.25) is 0 Å². The number of amides is 4. The van der Waals surface area contributed by atoms with Crippen LogP contribution in [0.3, 0.4) is 0 Å². The number of nitrogens with two attached hydrogens (primary N) is 1. The maximum absolute atomic E-state index is 14.1. The van der Waals surface area contributed by atoms with Crippen LogP contribution in [0.15, 0.2) is 49.1 Å². The molecular formula is C28H31N7O4S. The van der Waals surface area contributed by atoms with Gasteiger partial charge < -0.3 is 25.6 Å². The Morgan fingerprint density at radius 2 is 2.17 bits per heavy atom. The van der Waals surface area contributed by atoms with Gasteiger partial charge in [-0.05, 0) is 28.8 Å². The van der Waals surface area contributed by atoms with Crippen molar-refractivity contribution in [3.8, 4) is 5.75 Å². The average molecular weight is 562 g/mol. The fourth-order valence-electron chi connectivity index (χ4n) is 5.89. The van der Waals surface area contributed by atoms with E-state index in [1.807, 2.05) is 30.3 Å². The number of anilines is 1. The van der Waals surface area contributed by atoms with Gasteiger partial charge in [0.05, 0.1) is 36.5 Å². The SMILES string of the molecule is C=CCN(C(=O)NC)N1CC(=O)N2[C@@H](Cc3ccc4c(c3)CCO4)C(=O)N(Cc3cccc4sc(N)nc34)C[C@@H]21. The van der Waals surface area contributed by atoms with Crippen LogP contribution in [0.4, 0.5) is 9.93 Å². The van der Waals surface area contributed by atoms with Gasteiger partial charge >= 0.3 is 6.03 Å². The molecule has 0 radical (unpaired) electrons. The van der Waals surface area contributed by atoms with Gasteiger partial charge in [-0.3, -0.25) is 14.6 Å². The van der Waals surface area contributed by atoms with Crippen LogP contribution in [0, 0.1) is 0 Å². The lowest BCUT2D eigenvalue weighted by molar-refractivity contribution is -0.157. The molecule has 6 rings (SSSR count). The number of carbonyl (C=O) groups is 3. The molecule has 2 saturated heterocycles. The van der Waals surface area contributed by atoms with Crippen molar-refractivity contribution >= 4 is 44.5 Å². The molecule has 3 aliphatic rings. The smallest absolute Gasteiger partial charge is 0.332 e. The van der Waals surface area contributed by atoms with E-state index in [1.54, 1.807) is 27.9 Å². The number of nitrogens with one attached hydrogen (secondary N) is 1. The van der Waals surface area contributed by atoms with Crippen LogP contribution < -0.4 is 15.8 Å². The van der Waals surface area contributed by atoms with Gasteiger partial charge in [-0.1, -0.05) is 41.7 Å². The van der Waals surface area contributed by atoms with E-state index in [2.05, 4.69) is 22.9 Å². The number of carbonyl (C=O) groups excluding carboxylic acids is 3. The molecule has 11 nitrogen and oxygen atoms in total. The molecule has 3 aromatic rings. The lowest BCUT2D eigenvalue weighted by Gasteiger charge is -2.46. The largest absolute Gasteiger partial charge is 0.493 e. The maximum Gasteiger partial charge on any atom is 0.332 e. The summed E-state index contributed by atoms with van der Waals surface area (Å²) in [6, 6.07) is 10.7. The van der Waals surface area contributed by atoms with Crippen LogP contribution in [0.1, 0.15) is 16.7 Å². The second-order valence-electron chi connectivity index (χ2n) is 10.1. The monoisotopic (exact) mass is 561 g/mol. The highest BCUT2D eigenvalue weighted by atomic mass is 32.1. The quantitative estimate of drug-likeness (QED) is 0.423. The minimum atomic E-state index is -0.730. The van der Waals surface area contributed by atoms with E-state index < -0.39 is 12.2 Å². The Labute approximate surface area is 235 Å². The number of rotatable bonds is 7. The first kappa shape index (κ1) is 26.1. The second-order valence-corrected chi connectivity index (χ2v) is 11.2. The van der Waals surface area contributed by atoms with Crippen molar-refractivity contribution in [2.75, 3.05) is 39.0 Å². The first-order valence-electron chi connectivity index (χ1n) is 13.2. The van der Waals surface area contributed by atoms with Crippen LogP contribution in [-0.4, -0.2) is 88.1 Å². The van der Waals surface area contributed by atoms with Gasteiger partial charge in [0.25, 0.3) is 0 Å². The van der Waals surface area contributed by atoms with Gasteiger partial charge in [-0.2, -0.15) is 5.01 Å². The molecule has 0 saturated carbocycles. The Morgan fingerprint density at radius 3 is 2.98 bits per heavy atom. The molecule has 40 heavy (non-hydrogen) atoms. The lowest BCUT2D eigenvalue weighted by Crippen LogP contribution is -2.65. The number of aromatic nitrogens is 1. The van der Waals surface area contributed by atoms with Crippen molar-refractivity contribution in [1.82, 2.24) is 30.1 Å². The summed E-state index contributed by atoms with van der Waals surface area (Å²) in [4.78, 5) is 48.4. The third-order valence-electron chi connectivity index (χ3n) is 7.69. The zero-order valence-electron chi connectivity index (χ0n) is 22.2. The van der Waals surface area contributed by atoms with Crippen molar-refractivity contribution in [3.05, 3.63) is 65.7 Å². The fraction of sp³-hybridized carbons (Fsp3) is 0.357. The normalized spacial score (nSPS) is 20.4. The number of urea groups is 1. The number of para-hydroxylation sites is 1. The minimum absolute atomic E-state index is 0.0141. The minimum Gasteiger partial charge on any atom is -0.493 e. The van der Waals surface area contributed by atoms with Crippen molar-refractivity contribution in [2.24, 2.45) is 0 Å². The Morgan fingerprint density at radius 1 is 1.32 bits per heavy atom. The van der Waals surface area contributed by atoms with E-state index in [4.69, 9.17) is 10.5 Å². The molecule has 3 aliphatic heterocycles. The molecule has 0 bridgehead atoms. The average Bonchev–Trinajstić information content (AvgIpc) is 3.65. The highest BCUT2D eigenvalue weighted by Crippen LogP contribution is 2.33. The summed E-state index contributed by atoms with van der Waals surface area (Å²) in [6.45, 7) is 5.18. The predicted octanol–water partition coefficient (Wildman–Crippen LogP) is 1.98. The van der Waals surface area contributed by atoms with Crippen molar-refractivity contribution < 1.29 is 19.1 Å². The number of benzene rings is 2. The van der Waals surface area contributed by atoms with Gasteiger partial charge in [0.15, 0.2) is 5.13 Å². The summed E-state index contributed by atoms with van der Waals surface area (Å²) in [5.41, 5.74) is 9.70. The third kappa shape index (κ3) is 4.52. The summed E-state index contributed by atoms with van der Waals surface area (Å²) in [7, 11) is 1.55. The van der Waals surface area contributed by atoms with Crippen LogP contribution in [-0.2, 0) is 29.0 Å². The molecular weight excluding hydrogens is 530 g/mol. The maximum atomic E-state index is 14.1. The molecule has 2 fully saturated rings. The molecule has 0 aliphatic carbocycles. The van der Waals surface area contributed by atoms with Gasteiger partial charge in [-0.15, -0.1) is 6.58 Å². The number of fused-ring (bicyclic) bond motifs is 3. The lowest BCUT2D eigenvalue weighted by atomic mass is 9.98. The van der Waals surface area contributed by atoms with E-state index in [1.165, 1.54) is 16.3 Å². The van der Waals surface area contributed by atoms with E-state index in [9.17, 15) is 14.4 Å². The van der Waals surface area contributed by atoms with Gasteiger partial charge in [0.1, 0.15) is 18.0 Å².